The van der Waals surface area contributed by atoms with Gasteiger partial charge in [-0.25, -0.2) is 0 Å². The van der Waals surface area contributed by atoms with Crippen LogP contribution in [0.15, 0.2) is 59.7 Å². The molecule has 2 unspecified atom stereocenters. The number of rotatable bonds is 2. The van der Waals surface area contributed by atoms with Crippen LogP contribution in [0.4, 0.5) is 0 Å². The second-order valence-electron chi connectivity index (χ2n) is 7.10. The SMILES string of the molecule is CCC1=C2CC3=C(CC)c4ccccc4[CH]3[Zr+2][CH]2c2ccccc21.[Cl-].[Cl-]. The van der Waals surface area contributed by atoms with E-state index in [0.29, 0.717) is 0 Å². The summed E-state index contributed by atoms with van der Waals surface area (Å²) in [7, 11) is 0. The molecule has 1 saturated heterocycles. The van der Waals surface area contributed by atoms with Gasteiger partial charge in [-0.3, -0.25) is 0 Å². The van der Waals surface area contributed by atoms with E-state index in [-0.39, 0.29) is 24.8 Å². The van der Waals surface area contributed by atoms with E-state index in [4.69, 9.17) is 0 Å². The molecule has 1 heterocycles. The second kappa shape index (κ2) is 7.78. The fraction of sp³-hybridized carbons (Fsp3) is 0.304. The van der Waals surface area contributed by atoms with Gasteiger partial charge in [0.05, 0.1) is 0 Å². The minimum Gasteiger partial charge on any atom is -1.00 e. The molecule has 132 valence electrons. The van der Waals surface area contributed by atoms with Gasteiger partial charge in [-0.2, -0.15) is 0 Å². The van der Waals surface area contributed by atoms with Crippen LogP contribution in [0.5, 0.6) is 0 Å². The van der Waals surface area contributed by atoms with E-state index in [1.807, 2.05) is 0 Å². The van der Waals surface area contributed by atoms with E-state index >= 15 is 0 Å². The minimum atomic E-state index is -0.589. The third-order valence-electron chi connectivity index (χ3n) is 6.09. The molecule has 0 saturated carbocycles. The number of benzene rings is 2. The Kier molecular flexibility index (Phi) is 6.03. The maximum Gasteiger partial charge on any atom is -1.00 e. The molecule has 0 aromatic heterocycles. The van der Waals surface area contributed by atoms with Gasteiger partial charge in [0.15, 0.2) is 0 Å². The van der Waals surface area contributed by atoms with Gasteiger partial charge < -0.3 is 24.8 Å². The summed E-state index contributed by atoms with van der Waals surface area (Å²) in [6.45, 7) is 4.69. The summed E-state index contributed by atoms with van der Waals surface area (Å²) < 4.78 is 1.63. The van der Waals surface area contributed by atoms with E-state index in [1.165, 1.54) is 19.3 Å². The zero-order valence-electron chi connectivity index (χ0n) is 15.2. The molecule has 2 atom stereocenters. The van der Waals surface area contributed by atoms with Crippen LogP contribution in [-0.4, -0.2) is 0 Å². The monoisotopic (exact) mass is 458 g/mol. The predicted octanol–water partition coefficient (Wildman–Crippen LogP) is 0.318. The summed E-state index contributed by atoms with van der Waals surface area (Å²) in [5, 5.41) is 0. The van der Waals surface area contributed by atoms with Gasteiger partial charge in [0.1, 0.15) is 0 Å². The Bertz CT molecular complexity index is 836. The fourth-order valence-electron chi connectivity index (χ4n) is 5.12. The Balaban J connectivity index is 0.000000980. The van der Waals surface area contributed by atoms with Crippen LogP contribution >= 0.6 is 0 Å². The average molecular weight is 461 g/mol. The van der Waals surface area contributed by atoms with Crippen LogP contribution in [0.3, 0.4) is 0 Å². The smallest absolute Gasteiger partial charge is 1.00 e. The van der Waals surface area contributed by atoms with E-state index in [0.717, 1.165) is 7.25 Å². The molecule has 2 aliphatic carbocycles. The van der Waals surface area contributed by atoms with Gasteiger partial charge in [-0.1, -0.05) is 0 Å². The molecule has 2 aromatic rings. The van der Waals surface area contributed by atoms with Crippen molar-refractivity contribution >= 4 is 11.1 Å². The van der Waals surface area contributed by atoms with Crippen molar-refractivity contribution in [2.45, 2.75) is 40.4 Å². The molecular formula is C23H22Cl2Zr. The number of allylic oxidation sites excluding steroid dienone is 4. The van der Waals surface area contributed by atoms with Gasteiger partial charge in [0.25, 0.3) is 0 Å². The zero-order chi connectivity index (χ0) is 16.3. The summed E-state index contributed by atoms with van der Waals surface area (Å²) in [5.74, 6) is 0. The molecule has 0 spiro atoms. The van der Waals surface area contributed by atoms with Crippen molar-refractivity contribution in [3.63, 3.8) is 0 Å². The second-order valence-corrected chi connectivity index (χ2v) is 10.8. The molecule has 3 aliphatic rings. The van der Waals surface area contributed by atoms with Crippen molar-refractivity contribution < 1.29 is 48.0 Å². The van der Waals surface area contributed by atoms with Gasteiger partial charge in [0.2, 0.25) is 0 Å². The molecule has 1 fully saturated rings. The third-order valence-corrected chi connectivity index (χ3v) is 11.0. The van der Waals surface area contributed by atoms with E-state index in [9.17, 15) is 0 Å². The maximum atomic E-state index is 2.42. The first-order valence-electron chi connectivity index (χ1n) is 9.22. The average Bonchev–Trinajstić information content (AvgIpc) is 3.11. The van der Waals surface area contributed by atoms with Crippen LogP contribution in [0, 0.1) is 0 Å². The summed E-state index contributed by atoms with van der Waals surface area (Å²) in [5.41, 5.74) is 13.4. The van der Waals surface area contributed by atoms with E-state index in [2.05, 4.69) is 62.4 Å². The first kappa shape index (κ1) is 20.1. The van der Waals surface area contributed by atoms with Crippen molar-refractivity contribution in [3.05, 3.63) is 81.9 Å². The van der Waals surface area contributed by atoms with Crippen molar-refractivity contribution in [1.82, 2.24) is 0 Å². The fourth-order valence-corrected chi connectivity index (χ4v) is 10.4. The van der Waals surface area contributed by atoms with Crippen molar-refractivity contribution in [2.24, 2.45) is 0 Å². The van der Waals surface area contributed by atoms with Gasteiger partial charge >= 0.3 is 157 Å². The van der Waals surface area contributed by atoms with Crippen LogP contribution in [0.2, 0.25) is 0 Å². The molecule has 3 heteroatoms. The first-order valence-corrected chi connectivity index (χ1v) is 12.1. The largest absolute Gasteiger partial charge is 1.00 e. The van der Waals surface area contributed by atoms with Crippen molar-refractivity contribution in [3.8, 4) is 0 Å². The molecular weight excluding hydrogens is 438 g/mol. The molecule has 0 nitrogen and oxygen atoms in total. The molecule has 0 N–H and O–H groups in total. The molecule has 5 rings (SSSR count). The van der Waals surface area contributed by atoms with Crippen LogP contribution in [-0.2, 0) is 23.2 Å². The normalized spacial score (nSPS) is 21.5. The maximum absolute atomic E-state index is 2.42. The summed E-state index contributed by atoms with van der Waals surface area (Å²) in [6.07, 6.45) is 3.62. The topological polar surface area (TPSA) is 0 Å². The Morgan fingerprint density at radius 2 is 1.15 bits per heavy atom. The molecule has 0 radical (unpaired) electrons. The first-order chi connectivity index (χ1) is 11.8. The van der Waals surface area contributed by atoms with Gasteiger partial charge in [-0.05, 0) is 0 Å². The molecule has 26 heavy (non-hydrogen) atoms. The van der Waals surface area contributed by atoms with E-state index < -0.39 is 23.2 Å². The molecule has 2 aromatic carbocycles. The summed E-state index contributed by atoms with van der Waals surface area (Å²) in [6, 6.07) is 18.5. The number of hydrogen-bond acceptors (Lipinski definition) is 0. The van der Waals surface area contributed by atoms with Gasteiger partial charge in [-0.15, -0.1) is 0 Å². The Morgan fingerprint density at radius 3 is 1.58 bits per heavy atom. The van der Waals surface area contributed by atoms with E-state index in [1.54, 1.807) is 44.5 Å². The number of fused-ring (bicyclic) bond motifs is 6. The third kappa shape index (κ3) is 2.74. The predicted molar refractivity (Wildman–Crippen MR) is 97.4 cm³/mol. The van der Waals surface area contributed by atoms with Crippen LogP contribution < -0.4 is 24.8 Å². The van der Waals surface area contributed by atoms with Gasteiger partial charge in [0, 0.05) is 0 Å². The van der Waals surface area contributed by atoms with Crippen LogP contribution in [0.25, 0.3) is 11.1 Å². The minimum absolute atomic E-state index is 0. The number of halogens is 2. The zero-order valence-corrected chi connectivity index (χ0v) is 19.1. The number of hydrogen-bond donors (Lipinski definition) is 0. The Labute approximate surface area is 180 Å². The van der Waals surface area contributed by atoms with Crippen molar-refractivity contribution in [1.29, 1.82) is 0 Å². The molecule has 1 aliphatic heterocycles. The summed E-state index contributed by atoms with van der Waals surface area (Å²) in [4.78, 5) is 0. The van der Waals surface area contributed by atoms with Crippen molar-refractivity contribution in [2.75, 3.05) is 0 Å². The standard InChI is InChI=1S/C23H22.2ClH.Zr/c1-3-20-18(13-16-9-5-7-11-22(16)20)15-19-14-17-10-6-8-12-23(17)21(19)4-2;;;/h5-14H,3-4,15H2,1-2H3;2*1H;/q;;;+2/p-2. The molecule has 0 bridgehead atoms. The Morgan fingerprint density at radius 1 is 0.731 bits per heavy atom. The quantitative estimate of drug-likeness (QED) is 0.606. The Hall–Kier alpha value is -0.617. The summed E-state index contributed by atoms with van der Waals surface area (Å²) >= 11 is -0.589. The van der Waals surface area contributed by atoms with Crippen LogP contribution in [0.1, 0.15) is 62.6 Å². The molecule has 0 amide bonds.